The maximum Gasteiger partial charge on any atom is 0.309 e. The molecule has 9 nitrogen and oxygen atoms in total. The zero-order valence-electron chi connectivity index (χ0n) is 20.8. The predicted octanol–water partition coefficient (Wildman–Crippen LogP) is 3.81. The lowest BCUT2D eigenvalue weighted by atomic mass is 9.95. The maximum absolute atomic E-state index is 13.4. The van der Waals surface area contributed by atoms with Crippen LogP contribution in [0.5, 0.6) is 17.2 Å². The average Bonchev–Trinajstić information content (AvgIpc) is 3.22. The standard InChI is InChI=1S/C29H25NO8/c1-35-21-10-5-18(6-11-21)26-25(27(32)19-7-12-22-23(16-19)38-14-13-37-22)28(33)29(34)30(26)20-8-3-17(4-9-20)15-24(31)36-2/h3-12,16,26,32H,13-15H2,1-2H3/b27-25-. The van der Waals surface area contributed by atoms with E-state index in [1.165, 1.54) is 12.0 Å². The maximum atomic E-state index is 13.4. The van der Waals surface area contributed by atoms with E-state index in [9.17, 15) is 19.5 Å². The van der Waals surface area contributed by atoms with E-state index in [1.54, 1.807) is 73.8 Å². The van der Waals surface area contributed by atoms with Crippen molar-refractivity contribution in [2.75, 3.05) is 32.3 Å². The fourth-order valence-electron chi connectivity index (χ4n) is 4.56. The van der Waals surface area contributed by atoms with Gasteiger partial charge in [0.15, 0.2) is 11.5 Å². The summed E-state index contributed by atoms with van der Waals surface area (Å²) < 4.78 is 21.2. The second-order valence-electron chi connectivity index (χ2n) is 8.72. The topological polar surface area (TPSA) is 112 Å². The van der Waals surface area contributed by atoms with Crippen LogP contribution in [0.3, 0.4) is 0 Å². The number of methoxy groups -OCH3 is 2. The first-order chi connectivity index (χ1) is 18.4. The van der Waals surface area contributed by atoms with Crippen molar-refractivity contribution in [1.29, 1.82) is 0 Å². The number of anilines is 1. The van der Waals surface area contributed by atoms with Crippen LogP contribution in [0.25, 0.3) is 5.76 Å². The number of esters is 1. The van der Waals surface area contributed by atoms with E-state index in [-0.39, 0.29) is 17.8 Å². The molecule has 2 aliphatic heterocycles. The largest absolute Gasteiger partial charge is 0.507 e. The van der Waals surface area contributed by atoms with Crippen molar-refractivity contribution in [3.63, 3.8) is 0 Å². The van der Waals surface area contributed by atoms with Gasteiger partial charge in [-0.1, -0.05) is 24.3 Å². The second-order valence-corrected chi connectivity index (χ2v) is 8.72. The Morgan fingerprint density at radius 3 is 2.29 bits per heavy atom. The van der Waals surface area contributed by atoms with Crippen LogP contribution in [0.4, 0.5) is 5.69 Å². The molecule has 0 saturated carbocycles. The molecule has 1 unspecified atom stereocenters. The summed E-state index contributed by atoms with van der Waals surface area (Å²) in [6.45, 7) is 0.777. The van der Waals surface area contributed by atoms with E-state index in [2.05, 4.69) is 0 Å². The van der Waals surface area contributed by atoms with Crippen molar-refractivity contribution in [3.05, 3.63) is 89.0 Å². The summed E-state index contributed by atoms with van der Waals surface area (Å²) in [5, 5.41) is 11.4. The third-order valence-electron chi connectivity index (χ3n) is 6.48. The minimum Gasteiger partial charge on any atom is -0.507 e. The van der Waals surface area contributed by atoms with Gasteiger partial charge in [0.1, 0.15) is 24.7 Å². The van der Waals surface area contributed by atoms with Crippen molar-refractivity contribution < 1.29 is 38.4 Å². The number of carbonyl (C=O) groups is 3. The van der Waals surface area contributed by atoms with Crippen LogP contribution in [-0.4, -0.2) is 50.2 Å². The number of rotatable bonds is 6. The van der Waals surface area contributed by atoms with Gasteiger partial charge in [-0.15, -0.1) is 0 Å². The number of carbonyl (C=O) groups excluding carboxylic acids is 3. The molecule has 194 valence electrons. The minimum atomic E-state index is -0.916. The number of fused-ring (bicyclic) bond motifs is 1. The van der Waals surface area contributed by atoms with Crippen molar-refractivity contribution >= 4 is 29.1 Å². The first-order valence-corrected chi connectivity index (χ1v) is 11.9. The third kappa shape index (κ3) is 4.54. The Morgan fingerprint density at radius 2 is 1.63 bits per heavy atom. The Hall–Kier alpha value is -4.79. The van der Waals surface area contributed by atoms with Gasteiger partial charge >= 0.3 is 5.97 Å². The molecule has 9 heteroatoms. The molecule has 0 bridgehead atoms. The highest BCUT2D eigenvalue weighted by molar-refractivity contribution is 6.51. The number of benzene rings is 3. The van der Waals surface area contributed by atoms with Crippen LogP contribution < -0.4 is 19.1 Å². The van der Waals surface area contributed by atoms with Gasteiger partial charge in [-0.25, -0.2) is 0 Å². The van der Waals surface area contributed by atoms with Gasteiger partial charge in [-0.2, -0.15) is 0 Å². The Labute approximate surface area is 218 Å². The van der Waals surface area contributed by atoms with Gasteiger partial charge in [0.25, 0.3) is 11.7 Å². The highest BCUT2D eigenvalue weighted by atomic mass is 16.6. The Kier molecular flexibility index (Phi) is 6.74. The lowest BCUT2D eigenvalue weighted by Crippen LogP contribution is -2.29. The number of Topliss-reactive ketones (excluding diaryl/α,β-unsaturated/α-hetero) is 1. The van der Waals surface area contributed by atoms with Gasteiger partial charge in [0.2, 0.25) is 0 Å². The molecule has 1 atom stereocenters. The van der Waals surface area contributed by atoms with E-state index < -0.39 is 23.7 Å². The Bertz CT molecular complexity index is 1430. The van der Waals surface area contributed by atoms with Gasteiger partial charge in [-0.3, -0.25) is 19.3 Å². The Morgan fingerprint density at radius 1 is 0.947 bits per heavy atom. The lowest BCUT2D eigenvalue weighted by molar-refractivity contribution is -0.139. The van der Waals surface area contributed by atoms with E-state index in [4.69, 9.17) is 18.9 Å². The molecular formula is C29H25NO8. The van der Waals surface area contributed by atoms with Crippen molar-refractivity contribution in [3.8, 4) is 17.2 Å². The van der Waals surface area contributed by atoms with Crippen LogP contribution in [0.1, 0.15) is 22.7 Å². The van der Waals surface area contributed by atoms with Crippen LogP contribution in [0.2, 0.25) is 0 Å². The monoisotopic (exact) mass is 515 g/mol. The number of amides is 1. The predicted molar refractivity (Wildman–Crippen MR) is 137 cm³/mol. The molecule has 2 heterocycles. The molecule has 2 aliphatic rings. The van der Waals surface area contributed by atoms with Crippen LogP contribution in [0.15, 0.2) is 72.3 Å². The zero-order valence-corrected chi connectivity index (χ0v) is 20.8. The smallest absolute Gasteiger partial charge is 0.309 e. The van der Waals surface area contributed by atoms with E-state index in [0.717, 1.165) is 0 Å². The average molecular weight is 516 g/mol. The van der Waals surface area contributed by atoms with Crippen molar-refractivity contribution in [2.45, 2.75) is 12.5 Å². The molecule has 0 spiro atoms. The molecule has 0 aliphatic carbocycles. The number of hydrogen-bond acceptors (Lipinski definition) is 8. The molecule has 1 amide bonds. The van der Waals surface area contributed by atoms with Crippen LogP contribution in [0, 0.1) is 0 Å². The van der Waals surface area contributed by atoms with Gasteiger partial charge in [-0.05, 0) is 53.6 Å². The van der Waals surface area contributed by atoms with Gasteiger partial charge in [0.05, 0.1) is 32.3 Å². The fraction of sp³-hybridized carbons (Fsp3) is 0.207. The molecule has 3 aromatic rings. The second kappa shape index (κ2) is 10.3. The molecular weight excluding hydrogens is 490 g/mol. The molecule has 1 saturated heterocycles. The van der Waals surface area contributed by atoms with Crippen molar-refractivity contribution in [2.24, 2.45) is 0 Å². The summed E-state index contributed by atoms with van der Waals surface area (Å²) in [6, 6.07) is 17.6. The summed E-state index contributed by atoms with van der Waals surface area (Å²) in [5.41, 5.74) is 1.98. The molecule has 1 N–H and O–H groups in total. The van der Waals surface area contributed by atoms with Crippen LogP contribution in [-0.2, 0) is 25.5 Å². The SMILES string of the molecule is COC(=O)Cc1ccc(N2C(=O)C(=O)/C(=C(\O)c3ccc4c(c3)OCCO4)C2c2ccc(OC)cc2)cc1. The quantitative estimate of drug-likeness (QED) is 0.228. The van der Waals surface area contributed by atoms with E-state index in [0.29, 0.717) is 52.8 Å². The lowest BCUT2D eigenvalue weighted by Gasteiger charge is -2.26. The normalized spacial score (nSPS) is 17.8. The fourth-order valence-corrected chi connectivity index (χ4v) is 4.56. The van der Waals surface area contributed by atoms with Crippen LogP contribution >= 0.6 is 0 Å². The highest BCUT2D eigenvalue weighted by Gasteiger charge is 2.47. The van der Waals surface area contributed by atoms with Gasteiger partial charge < -0.3 is 24.1 Å². The third-order valence-corrected chi connectivity index (χ3v) is 6.48. The molecule has 1 fully saturated rings. The number of aliphatic hydroxyl groups excluding tert-OH is 1. The molecule has 0 radical (unpaired) electrons. The highest BCUT2D eigenvalue weighted by Crippen LogP contribution is 2.43. The number of aliphatic hydroxyl groups is 1. The van der Waals surface area contributed by atoms with E-state index in [1.807, 2.05) is 0 Å². The zero-order chi connectivity index (χ0) is 26.8. The van der Waals surface area contributed by atoms with E-state index >= 15 is 0 Å². The first-order valence-electron chi connectivity index (χ1n) is 11.9. The Balaban J connectivity index is 1.61. The molecule has 5 rings (SSSR count). The van der Waals surface area contributed by atoms with Gasteiger partial charge in [0, 0.05) is 11.3 Å². The number of ether oxygens (including phenoxy) is 4. The number of hydrogen-bond donors (Lipinski definition) is 1. The first kappa shape index (κ1) is 24.9. The summed E-state index contributed by atoms with van der Waals surface area (Å²) in [5.74, 6) is -0.752. The molecule has 3 aromatic carbocycles. The summed E-state index contributed by atoms with van der Waals surface area (Å²) in [6.07, 6.45) is 0.0711. The summed E-state index contributed by atoms with van der Waals surface area (Å²) in [4.78, 5) is 39.8. The summed E-state index contributed by atoms with van der Waals surface area (Å²) in [7, 11) is 2.85. The number of ketones is 1. The molecule has 38 heavy (non-hydrogen) atoms. The van der Waals surface area contributed by atoms with Crippen molar-refractivity contribution in [1.82, 2.24) is 0 Å². The molecule has 0 aromatic heterocycles. The number of nitrogens with zero attached hydrogens (tertiary/aromatic N) is 1. The minimum absolute atomic E-state index is 0.0597. The summed E-state index contributed by atoms with van der Waals surface area (Å²) >= 11 is 0.